The fourth-order valence-electron chi connectivity index (χ4n) is 1.98. The molecular weight excluding hydrogens is 345 g/mol. The third kappa shape index (κ3) is 6.46. The molecule has 1 rings (SSSR count). The molecule has 0 atom stereocenters. The zero-order valence-corrected chi connectivity index (χ0v) is 16.2. The fraction of sp³-hybridized carbons (Fsp3) is 0.562. The predicted molar refractivity (Wildman–Crippen MR) is 96.1 cm³/mol. The first-order valence-electron chi connectivity index (χ1n) is 7.69. The zero-order valence-electron chi connectivity index (χ0n) is 15.3. The molecule has 138 valence electrons. The minimum absolute atomic E-state index is 0.0827. The van der Waals surface area contributed by atoms with Gasteiger partial charge in [0.25, 0.3) is 5.69 Å². The average Bonchev–Trinajstić information content (AvgIpc) is 2.40. The lowest BCUT2D eigenvalue weighted by Crippen LogP contribution is -2.28. The van der Waals surface area contributed by atoms with E-state index >= 15 is 0 Å². The maximum Gasteiger partial charge on any atom is 0.362 e. The van der Waals surface area contributed by atoms with Crippen LogP contribution in [0.4, 0.5) is 11.4 Å². The summed E-state index contributed by atoms with van der Waals surface area (Å²) >= 11 is 0. The maximum absolute atomic E-state index is 13.4. The SMILES string of the molecule is CC(C)(C)OP(=O)(OC(C)(C)C)c1ccc([N+](=O)[O-])c(NCC#N)c1. The van der Waals surface area contributed by atoms with Crippen LogP contribution >= 0.6 is 7.60 Å². The van der Waals surface area contributed by atoms with Gasteiger partial charge >= 0.3 is 7.60 Å². The second kappa shape index (κ2) is 7.52. The normalized spacial score (nSPS) is 12.5. The third-order valence-corrected chi connectivity index (χ3v) is 5.13. The molecule has 0 amide bonds. The van der Waals surface area contributed by atoms with E-state index in [1.54, 1.807) is 41.5 Å². The summed E-state index contributed by atoms with van der Waals surface area (Å²) in [6, 6.07) is 5.77. The number of hydrogen-bond donors (Lipinski definition) is 1. The monoisotopic (exact) mass is 369 g/mol. The number of anilines is 1. The van der Waals surface area contributed by atoms with E-state index in [-0.39, 0.29) is 23.2 Å². The largest absolute Gasteiger partial charge is 0.367 e. The van der Waals surface area contributed by atoms with Crippen LogP contribution < -0.4 is 10.6 Å². The highest BCUT2D eigenvalue weighted by atomic mass is 31.2. The lowest BCUT2D eigenvalue weighted by Gasteiger charge is -2.32. The number of nitrogens with one attached hydrogen (secondary N) is 1. The Hall–Kier alpha value is -1.94. The number of nitro groups is 1. The van der Waals surface area contributed by atoms with E-state index in [4.69, 9.17) is 14.3 Å². The Morgan fingerprint density at radius 3 is 2.12 bits per heavy atom. The predicted octanol–water partition coefficient (Wildman–Crippen LogP) is 3.98. The molecule has 1 aromatic rings. The Morgan fingerprint density at radius 2 is 1.72 bits per heavy atom. The third-order valence-electron chi connectivity index (χ3n) is 2.64. The minimum Gasteiger partial charge on any atom is -0.367 e. The molecule has 0 heterocycles. The summed E-state index contributed by atoms with van der Waals surface area (Å²) in [6.45, 7) is 10.3. The quantitative estimate of drug-likeness (QED) is 0.349. The van der Waals surface area contributed by atoms with Crippen LogP contribution in [-0.2, 0) is 13.6 Å². The molecule has 0 unspecified atom stereocenters. The van der Waals surface area contributed by atoms with Gasteiger partial charge in [-0.1, -0.05) is 0 Å². The van der Waals surface area contributed by atoms with E-state index in [9.17, 15) is 14.7 Å². The number of nitriles is 1. The van der Waals surface area contributed by atoms with E-state index in [0.29, 0.717) is 0 Å². The van der Waals surface area contributed by atoms with E-state index in [1.165, 1.54) is 18.2 Å². The highest BCUT2D eigenvalue weighted by Crippen LogP contribution is 2.54. The molecule has 1 aromatic carbocycles. The van der Waals surface area contributed by atoms with E-state index in [0.717, 1.165) is 0 Å². The summed E-state index contributed by atoms with van der Waals surface area (Å²) in [5.74, 6) is 0. The summed E-state index contributed by atoms with van der Waals surface area (Å²) in [4.78, 5) is 10.6. The second-order valence-corrected chi connectivity index (χ2v) is 9.25. The van der Waals surface area contributed by atoms with Crippen molar-refractivity contribution in [2.45, 2.75) is 52.7 Å². The van der Waals surface area contributed by atoms with Crippen LogP contribution in [0.5, 0.6) is 0 Å². The Bertz CT molecular complexity index is 709. The Balaban J connectivity index is 3.46. The van der Waals surface area contributed by atoms with Gasteiger partial charge in [-0.3, -0.25) is 23.7 Å². The molecule has 0 fully saturated rings. The minimum atomic E-state index is -3.77. The number of nitrogens with zero attached hydrogens (tertiary/aromatic N) is 2. The van der Waals surface area contributed by atoms with E-state index in [1.807, 2.05) is 6.07 Å². The molecule has 0 radical (unpaired) electrons. The molecule has 0 aliphatic rings. The second-order valence-electron chi connectivity index (χ2n) is 7.38. The smallest absolute Gasteiger partial charge is 0.362 e. The summed E-state index contributed by atoms with van der Waals surface area (Å²) < 4.78 is 24.9. The van der Waals surface area contributed by atoms with Gasteiger partial charge in [0.2, 0.25) is 0 Å². The van der Waals surface area contributed by atoms with Crippen molar-refractivity contribution in [3.05, 3.63) is 28.3 Å². The van der Waals surface area contributed by atoms with E-state index in [2.05, 4.69) is 5.32 Å². The standard InChI is InChI=1S/C16H24N3O5P/c1-15(2,3)23-25(22,24-16(4,5)6)12-7-8-14(19(20)21)13(11-12)18-10-9-17/h7-8,11,18H,10H2,1-6H3. The van der Waals surface area contributed by atoms with Gasteiger partial charge in [-0.25, -0.2) is 0 Å². The maximum atomic E-state index is 13.4. The first-order chi connectivity index (χ1) is 11.3. The Morgan fingerprint density at radius 1 is 1.20 bits per heavy atom. The molecule has 0 bridgehead atoms. The molecule has 9 heteroatoms. The Kier molecular flexibility index (Phi) is 6.35. The van der Waals surface area contributed by atoms with Crippen LogP contribution in [0, 0.1) is 21.4 Å². The van der Waals surface area contributed by atoms with Crippen molar-refractivity contribution in [3.63, 3.8) is 0 Å². The molecule has 0 saturated heterocycles. The topological polar surface area (TPSA) is 114 Å². The lowest BCUT2D eigenvalue weighted by molar-refractivity contribution is -0.383. The van der Waals surface area contributed by atoms with Gasteiger partial charge in [-0.05, 0) is 53.7 Å². The van der Waals surface area contributed by atoms with E-state index < -0.39 is 23.7 Å². The average molecular weight is 369 g/mol. The van der Waals surface area contributed by atoms with Gasteiger partial charge in [-0.2, -0.15) is 5.26 Å². The summed E-state index contributed by atoms with van der Waals surface area (Å²) in [6.07, 6.45) is 0. The van der Waals surface area contributed by atoms with Crippen molar-refractivity contribution in [1.82, 2.24) is 0 Å². The molecule has 0 spiro atoms. The molecule has 25 heavy (non-hydrogen) atoms. The van der Waals surface area contributed by atoms with Gasteiger partial charge in [0.05, 0.1) is 27.5 Å². The number of hydrogen-bond acceptors (Lipinski definition) is 7. The van der Waals surface area contributed by atoms with Crippen LogP contribution in [0.25, 0.3) is 0 Å². The summed E-state index contributed by atoms with van der Waals surface area (Å²) in [5.41, 5.74) is -1.66. The molecule has 0 saturated carbocycles. The zero-order chi connectivity index (χ0) is 19.5. The van der Waals surface area contributed by atoms with Crippen LogP contribution in [0.15, 0.2) is 18.2 Å². The summed E-state index contributed by atoms with van der Waals surface area (Å²) in [7, 11) is -3.77. The molecule has 0 aliphatic carbocycles. The fourth-order valence-corrected chi connectivity index (χ4v) is 4.21. The molecular formula is C16H24N3O5P. The van der Waals surface area contributed by atoms with Crippen molar-refractivity contribution in [2.24, 2.45) is 0 Å². The van der Waals surface area contributed by atoms with Crippen molar-refractivity contribution in [3.8, 4) is 6.07 Å². The van der Waals surface area contributed by atoms with Gasteiger partial charge < -0.3 is 5.32 Å². The number of rotatable bonds is 6. The molecule has 0 aromatic heterocycles. The van der Waals surface area contributed by atoms with Gasteiger partial charge in [0.1, 0.15) is 12.2 Å². The first kappa shape index (κ1) is 21.1. The highest BCUT2D eigenvalue weighted by molar-refractivity contribution is 7.62. The van der Waals surface area contributed by atoms with Crippen molar-refractivity contribution in [2.75, 3.05) is 11.9 Å². The van der Waals surface area contributed by atoms with Gasteiger partial charge in [-0.15, -0.1) is 0 Å². The number of nitro benzene ring substituents is 1. The van der Waals surface area contributed by atoms with Gasteiger partial charge in [0.15, 0.2) is 0 Å². The Labute approximate surface area is 147 Å². The van der Waals surface area contributed by atoms with Crippen molar-refractivity contribution >= 4 is 24.3 Å². The lowest BCUT2D eigenvalue weighted by atomic mass is 10.2. The molecule has 1 N–H and O–H groups in total. The van der Waals surface area contributed by atoms with Crippen LogP contribution in [0.2, 0.25) is 0 Å². The first-order valence-corrected chi connectivity index (χ1v) is 9.23. The number of benzene rings is 1. The van der Waals surface area contributed by atoms with Crippen molar-refractivity contribution < 1.29 is 18.5 Å². The van der Waals surface area contributed by atoms with Crippen molar-refractivity contribution in [1.29, 1.82) is 5.26 Å². The van der Waals surface area contributed by atoms with Gasteiger partial charge in [0, 0.05) is 6.07 Å². The van der Waals surface area contributed by atoms with Crippen LogP contribution in [0.1, 0.15) is 41.5 Å². The van der Waals surface area contributed by atoms with Crippen LogP contribution in [-0.4, -0.2) is 22.7 Å². The molecule has 8 nitrogen and oxygen atoms in total. The van der Waals surface area contributed by atoms with Crippen LogP contribution in [0.3, 0.4) is 0 Å². The summed E-state index contributed by atoms with van der Waals surface area (Å²) in [5, 5.41) is 22.7. The molecule has 0 aliphatic heterocycles. The highest BCUT2D eigenvalue weighted by Gasteiger charge is 2.38.